The molecule has 0 unspecified atom stereocenters. The number of piperidine rings is 1. The molecule has 0 radical (unpaired) electrons. The first-order chi connectivity index (χ1) is 21.9. The molecule has 1 atom stereocenters. The lowest BCUT2D eigenvalue weighted by molar-refractivity contribution is -0.142. The molecular formula is C35H33ClN6O3. The van der Waals surface area contributed by atoms with Crippen molar-refractivity contribution >= 4 is 34.3 Å². The molecule has 1 saturated heterocycles. The molecule has 10 heteroatoms. The Hall–Kier alpha value is -4.76. The molecule has 2 amide bonds. The van der Waals surface area contributed by atoms with E-state index < -0.39 is 5.92 Å². The number of aromatic nitrogens is 4. The lowest BCUT2D eigenvalue weighted by atomic mass is 9.90. The van der Waals surface area contributed by atoms with Gasteiger partial charge in [-0.05, 0) is 65.8 Å². The Bertz CT molecular complexity index is 1850. The number of hydrogen-bond acceptors (Lipinski definition) is 6. The number of benzene rings is 2. The van der Waals surface area contributed by atoms with Crippen LogP contribution in [0.25, 0.3) is 22.0 Å². The Morgan fingerprint density at radius 3 is 2.56 bits per heavy atom. The van der Waals surface area contributed by atoms with Gasteiger partial charge in [0.25, 0.3) is 0 Å². The zero-order chi connectivity index (χ0) is 30.9. The summed E-state index contributed by atoms with van der Waals surface area (Å²) < 4.78 is 0. The minimum atomic E-state index is -0.519. The molecule has 0 aliphatic carbocycles. The predicted molar refractivity (Wildman–Crippen MR) is 171 cm³/mol. The highest BCUT2D eigenvalue weighted by molar-refractivity contribution is 6.35. The molecule has 2 aliphatic rings. The Labute approximate surface area is 265 Å². The summed E-state index contributed by atoms with van der Waals surface area (Å²) in [5, 5.41) is 19.5. The smallest absolute Gasteiger partial charge is 0.227 e. The van der Waals surface area contributed by atoms with E-state index in [2.05, 4.69) is 20.2 Å². The molecule has 9 nitrogen and oxygen atoms in total. The second kappa shape index (κ2) is 12.3. The maximum Gasteiger partial charge on any atom is 0.227 e. The maximum absolute atomic E-state index is 14.0. The number of rotatable bonds is 6. The Kier molecular flexibility index (Phi) is 7.94. The third-order valence-electron chi connectivity index (χ3n) is 9.15. The van der Waals surface area contributed by atoms with E-state index in [1.807, 2.05) is 58.3 Å². The van der Waals surface area contributed by atoms with Gasteiger partial charge in [-0.1, -0.05) is 41.9 Å². The van der Waals surface area contributed by atoms with Crippen molar-refractivity contribution in [3.8, 4) is 16.9 Å². The van der Waals surface area contributed by atoms with Crippen molar-refractivity contribution in [1.29, 1.82) is 0 Å². The van der Waals surface area contributed by atoms with Crippen LogP contribution in [0.2, 0.25) is 5.02 Å². The average Bonchev–Trinajstić information content (AvgIpc) is 3.53. The number of likely N-dealkylation sites (tertiary alicyclic amines) is 1. The van der Waals surface area contributed by atoms with Gasteiger partial charge in [0.2, 0.25) is 11.8 Å². The lowest BCUT2D eigenvalue weighted by Crippen LogP contribution is -2.41. The number of nitrogens with one attached hydrogen (secondary N) is 1. The summed E-state index contributed by atoms with van der Waals surface area (Å²) in [4.78, 5) is 40.2. The second-order valence-electron chi connectivity index (χ2n) is 12.0. The first kappa shape index (κ1) is 29.0. The van der Waals surface area contributed by atoms with Crippen LogP contribution in [0.5, 0.6) is 5.75 Å². The highest BCUT2D eigenvalue weighted by Crippen LogP contribution is 2.37. The van der Waals surface area contributed by atoms with Crippen LogP contribution in [0.4, 0.5) is 0 Å². The van der Waals surface area contributed by atoms with Crippen molar-refractivity contribution in [3.63, 3.8) is 0 Å². The Morgan fingerprint density at radius 2 is 1.80 bits per heavy atom. The van der Waals surface area contributed by atoms with Crippen LogP contribution < -0.4 is 0 Å². The summed E-state index contributed by atoms with van der Waals surface area (Å²) in [6, 6.07) is 17.3. The number of nitrogens with zero attached hydrogens (tertiary/aromatic N) is 5. The fraction of sp³-hybridized carbons (Fsp3) is 0.286. The van der Waals surface area contributed by atoms with Gasteiger partial charge >= 0.3 is 0 Å². The standard InChI is InChI=1S/C35H33ClN6O3/c36-30-15-25-14-26(35(45)42(20-22-6-10-37-11-7-22)21-29(25)28-19-39-40-34(28)30)17-32(44)41-12-8-24(9-13-41)33-31(43)16-27(18-38-33)23-4-2-1-3-5-23/h1-7,10-11,15-16,18-19,24,26,43H,8-9,12-14,17,20-21H2,(H,39,40)/t26-/m0/s1. The summed E-state index contributed by atoms with van der Waals surface area (Å²) in [6.45, 7) is 1.91. The van der Waals surface area contributed by atoms with Crippen LogP contribution in [-0.2, 0) is 29.1 Å². The van der Waals surface area contributed by atoms with E-state index in [-0.39, 0.29) is 29.9 Å². The van der Waals surface area contributed by atoms with Gasteiger partial charge in [0.05, 0.1) is 28.3 Å². The molecule has 1 fully saturated rings. The first-order valence-electron chi connectivity index (χ1n) is 15.3. The number of aromatic amines is 1. The number of amides is 2. The molecule has 2 aromatic carbocycles. The summed E-state index contributed by atoms with van der Waals surface area (Å²) in [7, 11) is 0. The van der Waals surface area contributed by atoms with Crippen LogP contribution in [0.3, 0.4) is 0 Å². The molecule has 2 aliphatic heterocycles. The van der Waals surface area contributed by atoms with Gasteiger partial charge in [-0.15, -0.1) is 0 Å². The van der Waals surface area contributed by atoms with Crippen molar-refractivity contribution in [2.24, 2.45) is 5.92 Å². The summed E-state index contributed by atoms with van der Waals surface area (Å²) in [5.41, 5.74) is 6.24. The van der Waals surface area contributed by atoms with Gasteiger partial charge in [0, 0.05) is 68.1 Å². The fourth-order valence-corrected chi connectivity index (χ4v) is 7.02. The third kappa shape index (κ3) is 5.88. The Balaban J connectivity index is 1.07. The number of carbonyl (C=O) groups is 2. The Morgan fingerprint density at radius 1 is 1.02 bits per heavy atom. The molecule has 0 bridgehead atoms. The van der Waals surface area contributed by atoms with Crippen molar-refractivity contribution in [3.05, 3.63) is 107 Å². The predicted octanol–water partition coefficient (Wildman–Crippen LogP) is 5.88. The molecule has 7 rings (SSSR count). The molecular weight excluding hydrogens is 588 g/mol. The zero-order valence-corrected chi connectivity index (χ0v) is 25.5. The van der Waals surface area contributed by atoms with Gasteiger partial charge in [-0.3, -0.25) is 24.7 Å². The van der Waals surface area contributed by atoms with Crippen molar-refractivity contribution in [1.82, 2.24) is 30.0 Å². The molecule has 0 saturated carbocycles. The second-order valence-corrected chi connectivity index (χ2v) is 12.4. The average molecular weight is 621 g/mol. The molecule has 5 heterocycles. The summed E-state index contributed by atoms with van der Waals surface area (Å²) in [5.74, 6) is -0.364. The van der Waals surface area contributed by atoms with Gasteiger partial charge in [0.1, 0.15) is 5.75 Å². The van der Waals surface area contributed by atoms with Gasteiger partial charge in [-0.25, -0.2) is 0 Å². The van der Waals surface area contributed by atoms with Crippen LogP contribution in [-0.4, -0.2) is 60.0 Å². The number of aromatic hydroxyl groups is 1. The monoisotopic (exact) mass is 620 g/mol. The van der Waals surface area contributed by atoms with Gasteiger partial charge in [-0.2, -0.15) is 5.10 Å². The van der Waals surface area contributed by atoms with E-state index in [9.17, 15) is 14.7 Å². The molecule has 2 N–H and O–H groups in total. The molecule has 228 valence electrons. The number of pyridine rings is 2. The number of H-pyrrole nitrogens is 1. The summed E-state index contributed by atoms with van der Waals surface area (Å²) in [6.07, 6.45) is 8.93. The van der Waals surface area contributed by atoms with Crippen LogP contribution in [0.1, 0.15) is 47.6 Å². The molecule has 3 aromatic heterocycles. The fourth-order valence-electron chi connectivity index (χ4n) is 6.74. The lowest BCUT2D eigenvalue weighted by Gasteiger charge is -2.33. The first-order valence-corrected chi connectivity index (χ1v) is 15.7. The molecule has 0 spiro atoms. The van der Waals surface area contributed by atoms with E-state index >= 15 is 0 Å². The van der Waals surface area contributed by atoms with Crippen molar-refractivity contribution in [2.45, 2.75) is 44.7 Å². The van der Waals surface area contributed by atoms with Gasteiger partial charge < -0.3 is 14.9 Å². The largest absolute Gasteiger partial charge is 0.506 e. The molecule has 45 heavy (non-hydrogen) atoms. The van der Waals surface area contributed by atoms with Gasteiger partial charge in [0.15, 0.2) is 0 Å². The number of carbonyl (C=O) groups excluding carboxylic acids is 2. The minimum absolute atomic E-state index is 0.0359. The number of halogens is 1. The van der Waals surface area contributed by atoms with Crippen LogP contribution in [0, 0.1) is 5.92 Å². The topological polar surface area (TPSA) is 115 Å². The summed E-state index contributed by atoms with van der Waals surface area (Å²) >= 11 is 6.61. The SMILES string of the molecule is O=C(C[C@@H]1Cc2cc(Cl)c3[nH]ncc3c2CN(Cc2ccncc2)C1=O)N1CCC(c2ncc(-c3ccccc3)cc2O)CC1. The zero-order valence-electron chi connectivity index (χ0n) is 24.7. The number of fused-ring (bicyclic) bond motifs is 3. The highest BCUT2D eigenvalue weighted by Gasteiger charge is 2.35. The van der Waals surface area contributed by atoms with Crippen molar-refractivity contribution < 1.29 is 14.7 Å². The van der Waals surface area contributed by atoms with Crippen molar-refractivity contribution in [2.75, 3.05) is 13.1 Å². The normalized spacial score (nSPS) is 17.4. The van der Waals surface area contributed by atoms with E-state index in [1.54, 1.807) is 30.9 Å². The number of hydrogen-bond donors (Lipinski definition) is 2. The maximum atomic E-state index is 14.0. The third-order valence-corrected chi connectivity index (χ3v) is 9.45. The van der Waals surface area contributed by atoms with E-state index in [0.717, 1.165) is 38.7 Å². The van der Waals surface area contributed by atoms with Crippen LogP contribution >= 0.6 is 11.6 Å². The molecule has 5 aromatic rings. The minimum Gasteiger partial charge on any atom is -0.506 e. The van der Waals surface area contributed by atoms with Crippen LogP contribution in [0.15, 0.2) is 79.4 Å². The van der Waals surface area contributed by atoms with E-state index in [0.29, 0.717) is 56.2 Å². The van der Waals surface area contributed by atoms with E-state index in [4.69, 9.17) is 11.6 Å². The highest BCUT2D eigenvalue weighted by atomic mass is 35.5. The van der Waals surface area contributed by atoms with E-state index in [1.165, 1.54) is 0 Å². The quantitative estimate of drug-likeness (QED) is 0.245.